The minimum atomic E-state index is -3.70. The van der Waals surface area contributed by atoms with E-state index >= 15 is 0 Å². The molecule has 9 aromatic carbocycles. The number of nitrogens with zero attached hydrogens (tertiary/aromatic N) is 4. The number of aromatic hydroxyl groups is 1. The predicted molar refractivity (Wildman–Crippen MR) is 450 cm³/mol. The third kappa shape index (κ3) is 27.8. The number of ether oxygens (including phenoxy) is 2. The number of para-hydroxylation sites is 3. The van der Waals surface area contributed by atoms with Crippen LogP contribution in [-0.4, -0.2) is 154 Å². The van der Waals surface area contributed by atoms with Crippen LogP contribution in [0.3, 0.4) is 0 Å². The van der Waals surface area contributed by atoms with Crippen molar-refractivity contribution in [2.45, 2.75) is 48.8 Å². The number of carboxylic acid groups (broad SMARTS) is 3. The SMILES string of the molecule is CC(=O)Oc1ccccc1C(=O)O.CS(=O)(=O)c1ccc(C2=C(c3ccccc3)C(=O)OC2)cc1.C[N+](C)(C)CCO.Cc1ccc(-c2ncc(Cl)cc2-c2ccc(S(C)(=O)=O)cc2)cn1.Cc1ccc(Nc2c(F)cccc2Cl)c(CC(=O)O)c1.Cc1onc(-c2ccccc2)c1-c1ccc(S(N)(=O)=O)cc1.O=C(O)c1ccccc1O. The molecule has 8 N–H and O–H groups in total. The molecule has 118 heavy (non-hydrogen) atoms. The van der Waals surface area contributed by atoms with E-state index in [-0.39, 0.29) is 73.6 Å². The summed E-state index contributed by atoms with van der Waals surface area (Å²) in [5.41, 5.74) is 12.5. The Hall–Kier alpha value is -12.6. The molecule has 0 unspecified atom stereocenters. The Balaban J connectivity index is 0.000000196. The monoisotopic (exact) mass is 1700 g/mol. The Morgan fingerprint density at radius 3 is 1.63 bits per heavy atom. The first-order valence-electron chi connectivity index (χ1n) is 35.4. The maximum atomic E-state index is 13.7. The summed E-state index contributed by atoms with van der Waals surface area (Å²) in [7, 11) is -4.01. The van der Waals surface area contributed by atoms with Crippen LogP contribution in [0.1, 0.15) is 61.3 Å². The van der Waals surface area contributed by atoms with Gasteiger partial charge in [-0.05, 0) is 146 Å². The van der Waals surface area contributed by atoms with Crippen molar-refractivity contribution in [3.63, 3.8) is 0 Å². The fourth-order valence-corrected chi connectivity index (χ4v) is 13.0. The molecule has 1 aliphatic rings. The molecule has 0 atom stereocenters. The lowest BCUT2D eigenvalue weighted by atomic mass is 9.97. The average molecular weight is 1700 g/mol. The molecule has 0 bridgehead atoms. The third-order valence-corrected chi connectivity index (χ3v) is 20.4. The number of quaternary nitrogens is 1. The number of phenols is 1. The number of nitrogens with two attached hydrogens (primary N) is 1. The van der Waals surface area contributed by atoms with E-state index in [0.29, 0.717) is 27.6 Å². The first-order chi connectivity index (χ1) is 55.6. The van der Waals surface area contributed by atoms with Crippen molar-refractivity contribution < 1.29 is 97.6 Å². The number of aromatic nitrogens is 3. The first kappa shape index (κ1) is 92.6. The van der Waals surface area contributed by atoms with Gasteiger partial charge >= 0.3 is 29.8 Å². The van der Waals surface area contributed by atoms with Gasteiger partial charge < -0.3 is 49.3 Å². The number of primary sulfonamides is 1. The molecule has 0 aliphatic carbocycles. The number of carbonyl (C=O) groups excluding carboxylic acids is 2. The van der Waals surface area contributed by atoms with Gasteiger partial charge in [-0.15, -0.1) is 0 Å². The number of aliphatic carboxylic acids is 1. The highest BCUT2D eigenvalue weighted by Gasteiger charge is 2.28. The van der Waals surface area contributed by atoms with E-state index in [1.165, 1.54) is 68.0 Å². The number of sulfone groups is 2. The molecule has 31 heteroatoms. The van der Waals surface area contributed by atoms with Gasteiger partial charge in [0.05, 0.1) is 81.4 Å². The largest absolute Gasteiger partial charge is 0.507 e. The van der Waals surface area contributed by atoms with Gasteiger partial charge in [-0.3, -0.25) is 19.6 Å². The van der Waals surface area contributed by atoms with Crippen LogP contribution in [0.5, 0.6) is 11.5 Å². The summed E-state index contributed by atoms with van der Waals surface area (Å²) < 4.78 is 98.7. The highest BCUT2D eigenvalue weighted by atomic mass is 35.5. The zero-order chi connectivity index (χ0) is 86.8. The smallest absolute Gasteiger partial charge is 0.339 e. The Morgan fingerprint density at radius 2 is 1.13 bits per heavy atom. The number of esters is 2. The first-order valence-corrected chi connectivity index (χ1v) is 41.5. The van der Waals surface area contributed by atoms with Gasteiger partial charge in [0.25, 0.3) is 0 Å². The number of cyclic esters (lactones) is 1. The molecule has 3 aromatic heterocycles. The van der Waals surface area contributed by atoms with Crippen molar-refractivity contribution in [1.29, 1.82) is 0 Å². The van der Waals surface area contributed by atoms with Crippen LogP contribution in [0.15, 0.2) is 268 Å². The maximum Gasteiger partial charge on any atom is 0.339 e. The normalized spacial score (nSPS) is 11.6. The molecule has 0 amide bonds. The summed E-state index contributed by atoms with van der Waals surface area (Å²) in [5.74, 6) is -4.01. The molecule has 0 saturated heterocycles. The average Bonchev–Trinajstić information content (AvgIpc) is 1.51. The van der Waals surface area contributed by atoms with Crippen molar-refractivity contribution in [3.8, 4) is 56.3 Å². The number of aliphatic hydroxyl groups is 1. The van der Waals surface area contributed by atoms with Crippen LogP contribution in [0.4, 0.5) is 15.8 Å². The van der Waals surface area contributed by atoms with Crippen LogP contribution in [-0.2, 0) is 55.2 Å². The van der Waals surface area contributed by atoms with Crippen molar-refractivity contribution in [2.75, 3.05) is 58.7 Å². The number of anilines is 2. The topological polar surface area (TPSA) is 397 Å². The Kier molecular flexibility index (Phi) is 33.2. The number of likely N-dealkylation sites (N-methyl/N-ethyl adjacent to an activating group) is 1. The maximum absolute atomic E-state index is 13.7. The van der Waals surface area contributed by atoms with E-state index in [1.54, 1.807) is 116 Å². The number of hydrogen-bond donors (Lipinski definition) is 7. The number of aliphatic hydroxyl groups excluding tert-OH is 1. The molecule has 0 radical (unpaired) electrons. The number of aryl methyl sites for hydroxylation is 3. The number of carboxylic acids is 3. The predicted octanol–water partition coefficient (Wildman–Crippen LogP) is 15.9. The van der Waals surface area contributed by atoms with Crippen molar-refractivity contribution in [1.82, 2.24) is 15.1 Å². The standard InChI is InChI=1S/C18H15ClN2O2S.C17H14O4S.C16H14N2O3S.C15H13ClFNO2.C9H8O4.C7H6O3.C5H14NO/c1-12-3-4-14(10-20-12)18-17(9-15(19)11-21-18)13-5-7-16(8-6-13)24(2,22)23;1-22(19,20)14-9-7-12(8-10-14)15-11-21-17(18)16(15)13-5-3-2-4-6-13;1-11-15(12-7-9-14(10-8-12)22(17,19)20)16(18-21-11)13-5-3-2-4-6-13;1-9-5-6-13(10(7-9)8-14(19)20)18-15-11(16)3-2-4-12(15)17;1-6(10)13-8-5-3-2-4-7(8)9(11)12;8-6-4-2-1-3-5(6)7(9)10;1-6(2,3)4-5-7/h3-11H,1-2H3;2-10H,11H2,1H3;2-10H,1H3,(H2,17,19,20);2-7,18H,8H2,1H3,(H,19,20);2-5H,1H3,(H,11,12);1-4,8H,(H,9,10);7H,4-5H2,1-3H3/q;;;;;;+1. The van der Waals surface area contributed by atoms with Gasteiger partial charge in [0, 0.05) is 65.5 Å². The number of aromatic carboxylic acids is 2. The number of carbonyl (C=O) groups is 5. The van der Waals surface area contributed by atoms with E-state index in [2.05, 4.69) is 46.3 Å². The molecule has 0 fully saturated rings. The molecular weight excluding hydrogens is 1620 g/mol. The molecule has 13 rings (SSSR count). The van der Waals surface area contributed by atoms with Gasteiger partial charge in [0.1, 0.15) is 53.0 Å². The summed E-state index contributed by atoms with van der Waals surface area (Å²) in [6.45, 7) is 8.14. The van der Waals surface area contributed by atoms with Crippen LogP contribution in [0.2, 0.25) is 10.0 Å². The second-order valence-electron chi connectivity index (χ2n) is 26.9. The number of halogens is 3. The number of hydrogen-bond acceptors (Lipinski definition) is 20. The van der Waals surface area contributed by atoms with Crippen LogP contribution in [0, 0.1) is 26.6 Å². The van der Waals surface area contributed by atoms with E-state index in [4.69, 9.17) is 63.1 Å². The number of benzene rings is 9. The number of nitrogens with one attached hydrogen (secondary N) is 1. The van der Waals surface area contributed by atoms with Crippen LogP contribution in [0.25, 0.3) is 55.9 Å². The number of pyridine rings is 2. The second-order valence-corrected chi connectivity index (χ2v) is 33.4. The van der Waals surface area contributed by atoms with E-state index in [1.807, 2.05) is 106 Å². The number of rotatable bonds is 18. The summed E-state index contributed by atoms with van der Waals surface area (Å²) >= 11 is 12.1. The molecule has 1 aliphatic heterocycles. The van der Waals surface area contributed by atoms with Gasteiger partial charge in [-0.25, -0.2) is 49.2 Å². The van der Waals surface area contributed by atoms with Gasteiger partial charge in [0.15, 0.2) is 19.7 Å². The molecule has 0 spiro atoms. The third-order valence-electron chi connectivity index (χ3n) is 16.7. The zero-order valence-electron chi connectivity index (χ0n) is 65.2. The second kappa shape index (κ2) is 42.3. The molecular formula is C87H84Cl2FN6O19S3+. The summed E-state index contributed by atoms with van der Waals surface area (Å²) in [5, 5.41) is 56.2. The lowest BCUT2D eigenvalue weighted by Gasteiger charge is -2.21. The quantitative estimate of drug-likeness (QED) is 0.0238. The lowest BCUT2D eigenvalue weighted by molar-refractivity contribution is -0.870. The summed E-state index contributed by atoms with van der Waals surface area (Å²) in [6, 6.07) is 65.7. The molecule has 614 valence electrons. The number of sulfonamides is 1. The van der Waals surface area contributed by atoms with Crippen molar-refractivity contribution >= 4 is 105 Å². The molecule has 12 aromatic rings. The van der Waals surface area contributed by atoms with E-state index < -0.39 is 59.4 Å². The lowest BCUT2D eigenvalue weighted by Crippen LogP contribution is -2.36. The molecule has 25 nitrogen and oxygen atoms in total. The van der Waals surface area contributed by atoms with Gasteiger partial charge in [-0.2, -0.15) is 0 Å². The van der Waals surface area contributed by atoms with Crippen LogP contribution >= 0.6 is 23.2 Å². The van der Waals surface area contributed by atoms with E-state index in [9.17, 15) is 53.6 Å². The summed E-state index contributed by atoms with van der Waals surface area (Å²) in [4.78, 5) is 63.7. The highest BCUT2D eigenvalue weighted by molar-refractivity contribution is 7.91. The van der Waals surface area contributed by atoms with Crippen molar-refractivity contribution in [3.05, 3.63) is 310 Å². The summed E-state index contributed by atoms with van der Waals surface area (Å²) in [6.07, 6.45) is 5.56. The fourth-order valence-electron chi connectivity index (χ4n) is 10.9. The Morgan fingerprint density at radius 1 is 0.593 bits per heavy atom. The highest BCUT2D eigenvalue weighted by Crippen LogP contribution is 2.38. The van der Waals surface area contributed by atoms with Gasteiger partial charge in [0.2, 0.25) is 10.0 Å². The molecule has 4 heterocycles. The Labute approximate surface area is 692 Å². The van der Waals surface area contributed by atoms with Crippen molar-refractivity contribution in [2.24, 2.45) is 5.14 Å². The Bertz CT molecular complexity index is 5900. The molecule has 0 saturated carbocycles. The van der Waals surface area contributed by atoms with E-state index in [0.717, 1.165) is 83.8 Å². The minimum Gasteiger partial charge on any atom is -0.507 e. The minimum absolute atomic E-state index is 0.0160. The van der Waals surface area contributed by atoms with Gasteiger partial charge in [-0.1, -0.05) is 173 Å². The zero-order valence-corrected chi connectivity index (χ0v) is 69.1. The van der Waals surface area contributed by atoms with Crippen LogP contribution < -0.4 is 15.2 Å². The fraction of sp³-hybridized carbons (Fsp3) is 0.149.